The second kappa shape index (κ2) is 5.05. The number of amidine groups is 1. The molecule has 0 fully saturated rings. The summed E-state index contributed by atoms with van der Waals surface area (Å²) in [6.07, 6.45) is 0. The van der Waals surface area contributed by atoms with Crippen LogP contribution in [-0.2, 0) is 14.4 Å². The molecule has 0 aliphatic carbocycles. The molecule has 0 amide bonds. The first-order valence-corrected chi connectivity index (χ1v) is 2.82. The fraction of sp³-hybridized carbons (Fsp3) is 0.400. The monoisotopic (exact) mass is 177 g/mol. The van der Waals surface area contributed by atoms with E-state index >= 15 is 0 Å². The normalized spacial score (nSPS) is 10.7. The van der Waals surface area contributed by atoms with Gasteiger partial charge in [0.2, 0.25) is 5.71 Å². The molecule has 3 N–H and O–H groups in total. The van der Waals surface area contributed by atoms with Gasteiger partial charge in [0.05, 0.1) is 7.11 Å². The Kier molecular flexibility index (Phi) is 4.35. The SMILES string of the molecule is COC(=O)/C(=N\OCF)C(=N)N. The number of nitrogens with one attached hydrogen (secondary N) is 1. The van der Waals surface area contributed by atoms with Gasteiger partial charge in [-0.25, -0.2) is 9.18 Å². The van der Waals surface area contributed by atoms with Crippen LogP contribution in [0.3, 0.4) is 0 Å². The molecule has 0 aliphatic heterocycles. The number of nitrogens with two attached hydrogens (primary N) is 1. The number of nitrogens with zero attached hydrogens (tertiary/aromatic N) is 1. The Hall–Kier alpha value is -1.66. The molecule has 0 atom stereocenters. The van der Waals surface area contributed by atoms with Crippen LogP contribution in [-0.4, -0.2) is 31.5 Å². The van der Waals surface area contributed by atoms with Gasteiger partial charge in [-0.05, 0) is 0 Å². The van der Waals surface area contributed by atoms with E-state index in [0.717, 1.165) is 7.11 Å². The summed E-state index contributed by atoms with van der Waals surface area (Å²) in [5, 5.41) is 9.74. The van der Waals surface area contributed by atoms with Gasteiger partial charge in [0.25, 0.3) is 6.86 Å². The summed E-state index contributed by atoms with van der Waals surface area (Å²) >= 11 is 0. The molecule has 0 aromatic rings. The van der Waals surface area contributed by atoms with Gasteiger partial charge in [-0.15, -0.1) is 0 Å². The van der Waals surface area contributed by atoms with Gasteiger partial charge in [-0.2, -0.15) is 0 Å². The molecule has 68 valence electrons. The molecule has 12 heavy (non-hydrogen) atoms. The van der Waals surface area contributed by atoms with Gasteiger partial charge in [-0.3, -0.25) is 5.41 Å². The zero-order chi connectivity index (χ0) is 9.56. The molecule has 0 heterocycles. The van der Waals surface area contributed by atoms with Gasteiger partial charge >= 0.3 is 5.97 Å². The molecule has 7 heteroatoms. The molecule has 0 spiro atoms. The highest BCUT2D eigenvalue weighted by Crippen LogP contribution is 1.86. The van der Waals surface area contributed by atoms with Crippen LogP contribution in [0.1, 0.15) is 0 Å². The first-order valence-electron chi connectivity index (χ1n) is 2.82. The molecule has 0 aromatic heterocycles. The maximum atomic E-state index is 11.4. The maximum absolute atomic E-state index is 11.4. The van der Waals surface area contributed by atoms with E-state index in [1.807, 2.05) is 0 Å². The number of ether oxygens (including phenoxy) is 1. The lowest BCUT2D eigenvalue weighted by Gasteiger charge is -1.99. The van der Waals surface area contributed by atoms with E-state index in [0.29, 0.717) is 0 Å². The molecule has 0 aliphatic rings. The van der Waals surface area contributed by atoms with Gasteiger partial charge in [0.15, 0.2) is 5.84 Å². The number of oxime groups is 1. The van der Waals surface area contributed by atoms with E-state index in [1.54, 1.807) is 0 Å². The second-order valence-corrected chi connectivity index (χ2v) is 1.58. The topological polar surface area (TPSA) is 97.8 Å². The molecule has 0 rings (SSSR count). The van der Waals surface area contributed by atoms with Crippen molar-refractivity contribution in [2.24, 2.45) is 10.9 Å². The number of rotatable bonds is 4. The minimum absolute atomic E-state index is 0.560. The standard InChI is InChI=1S/C5H8FN3O3/c1-11-5(10)3(4(7)8)9-12-2-6/h2H2,1H3,(H3,7,8)/b9-3-. The zero-order valence-corrected chi connectivity index (χ0v) is 6.33. The minimum Gasteiger partial charge on any atom is -0.464 e. The Bertz CT molecular complexity index is 216. The smallest absolute Gasteiger partial charge is 0.364 e. The van der Waals surface area contributed by atoms with Crippen LogP contribution in [0.25, 0.3) is 0 Å². The van der Waals surface area contributed by atoms with Crippen molar-refractivity contribution in [2.75, 3.05) is 14.0 Å². The van der Waals surface area contributed by atoms with E-state index in [1.165, 1.54) is 0 Å². The van der Waals surface area contributed by atoms with E-state index < -0.39 is 24.4 Å². The third-order valence-corrected chi connectivity index (χ3v) is 0.838. The summed E-state index contributed by atoms with van der Waals surface area (Å²) in [5.41, 5.74) is 4.34. The average Bonchev–Trinajstić information content (AvgIpc) is 2.04. The predicted molar refractivity (Wildman–Crippen MR) is 38.4 cm³/mol. The van der Waals surface area contributed by atoms with E-state index in [2.05, 4.69) is 14.7 Å². The van der Waals surface area contributed by atoms with Crippen LogP contribution in [0, 0.1) is 5.41 Å². The lowest BCUT2D eigenvalue weighted by molar-refractivity contribution is -0.132. The summed E-state index contributed by atoms with van der Waals surface area (Å²) in [4.78, 5) is 14.6. The van der Waals surface area contributed by atoms with Gasteiger partial charge < -0.3 is 15.3 Å². The van der Waals surface area contributed by atoms with Gasteiger partial charge in [0.1, 0.15) is 0 Å². The van der Waals surface area contributed by atoms with E-state index in [4.69, 9.17) is 11.1 Å². The lowest BCUT2D eigenvalue weighted by atomic mass is 10.3. The number of alkyl halides is 1. The highest BCUT2D eigenvalue weighted by molar-refractivity contribution is 6.64. The third kappa shape index (κ3) is 2.95. The van der Waals surface area contributed by atoms with Gasteiger partial charge in [0, 0.05) is 0 Å². The highest BCUT2D eigenvalue weighted by Gasteiger charge is 2.15. The lowest BCUT2D eigenvalue weighted by Crippen LogP contribution is -2.31. The van der Waals surface area contributed by atoms with Crippen molar-refractivity contribution in [1.82, 2.24) is 0 Å². The van der Waals surface area contributed by atoms with E-state index in [9.17, 15) is 9.18 Å². The summed E-state index contributed by atoms with van der Waals surface area (Å²) in [5.74, 6) is -1.59. The first-order chi connectivity index (χ1) is 5.63. The van der Waals surface area contributed by atoms with Crippen molar-refractivity contribution in [3.63, 3.8) is 0 Å². The molecule has 0 unspecified atom stereocenters. The third-order valence-electron chi connectivity index (χ3n) is 0.838. The summed E-state index contributed by atoms with van der Waals surface area (Å²) in [6.45, 7) is -1.20. The molecule has 0 saturated carbocycles. The summed E-state index contributed by atoms with van der Waals surface area (Å²) in [6, 6.07) is 0. The van der Waals surface area contributed by atoms with E-state index in [-0.39, 0.29) is 0 Å². The molecule has 6 nitrogen and oxygen atoms in total. The zero-order valence-electron chi connectivity index (χ0n) is 6.33. The van der Waals surface area contributed by atoms with Gasteiger partial charge in [-0.1, -0.05) is 5.16 Å². The van der Waals surface area contributed by atoms with Crippen molar-refractivity contribution in [1.29, 1.82) is 5.41 Å². The molecule has 0 bridgehead atoms. The Morgan fingerprint density at radius 1 is 1.75 bits per heavy atom. The fourth-order valence-electron chi connectivity index (χ4n) is 0.382. The Morgan fingerprint density at radius 3 is 2.67 bits per heavy atom. The van der Waals surface area contributed by atoms with Crippen LogP contribution >= 0.6 is 0 Å². The first kappa shape index (κ1) is 10.3. The van der Waals surface area contributed by atoms with Crippen LogP contribution in [0.2, 0.25) is 0 Å². The highest BCUT2D eigenvalue weighted by atomic mass is 19.1. The summed E-state index contributed by atoms with van der Waals surface area (Å²) in [7, 11) is 1.08. The van der Waals surface area contributed by atoms with Crippen LogP contribution in [0.15, 0.2) is 5.16 Å². The van der Waals surface area contributed by atoms with Crippen molar-refractivity contribution in [3.05, 3.63) is 0 Å². The number of halogens is 1. The van der Waals surface area contributed by atoms with Crippen LogP contribution in [0.5, 0.6) is 0 Å². The quantitative estimate of drug-likeness (QED) is 0.259. The van der Waals surface area contributed by atoms with Crippen LogP contribution in [0.4, 0.5) is 4.39 Å². The minimum atomic E-state index is -1.20. The Labute approximate surface area is 67.6 Å². The van der Waals surface area contributed by atoms with Crippen molar-refractivity contribution in [2.45, 2.75) is 0 Å². The van der Waals surface area contributed by atoms with Crippen molar-refractivity contribution in [3.8, 4) is 0 Å². The Morgan fingerprint density at radius 2 is 2.33 bits per heavy atom. The molecule has 0 radical (unpaired) electrons. The maximum Gasteiger partial charge on any atom is 0.364 e. The summed E-state index contributed by atoms with van der Waals surface area (Å²) < 4.78 is 15.6. The predicted octanol–water partition coefficient (Wildman–Crippen LogP) is -0.605. The number of esters is 1. The van der Waals surface area contributed by atoms with Crippen molar-refractivity contribution < 1.29 is 18.8 Å². The second-order valence-electron chi connectivity index (χ2n) is 1.58. The fourth-order valence-corrected chi connectivity index (χ4v) is 0.382. The Balaban J connectivity index is 4.43. The largest absolute Gasteiger partial charge is 0.464 e. The molecule has 0 aromatic carbocycles. The molecule has 0 saturated heterocycles. The number of carbonyl (C=O) groups is 1. The van der Waals surface area contributed by atoms with Crippen molar-refractivity contribution >= 4 is 17.5 Å². The molecular weight excluding hydrogens is 169 g/mol. The number of hydrogen-bond acceptors (Lipinski definition) is 5. The number of hydrogen-bond donors (Lipinski definition) is 2. The number of carbonyl (C=O) groups excluding carboxylic acids is 1. The van der Waals surface area contributed by atoms with Crippen LogP contribution < -0.4 is 5.73 Å². The number of methoxy groups -OCH3 is 1. The molecular formula is C5H8FN3O3. The average molecular weight is 177 g/mol.